The van der Waals surface area contributed by atoms with Crippen LogP contribution in [-0.4, -0.2) is 17.2 Å². The second-order valence-electron chi connectivity index (χ2n) is 2.86. The van der Waals surface area contributed by atoms with Crippen molar-refractivity contribution in [3.05, 3.63) is 23.8 Å². The Bertz CT molecular complexity index is 561. The molecule has 74 valence electrons. The molecule has 2 N–H and O–H groups in total. The number of nitrogens with two attached hydrogens (primary N) is 1. The van der Waals surface area contributed by atoms with Gasteiger partial charge in [0.2, 0.25) is 10.0 Å². The Labute approximate surface area is 84.9 Å². The first-order valence-corrected chi connectivity index (χ1v) is 6.21. The first kappa shape index (κ1) is 9.50. The fourth-order valence-corrected chi connectivity index (χ4v) is 2.43. The quantitative estimate of drug-likeness (QED) is 0.811. The highest BCUT2D eigenvalue weighted by Crippen LogP contribution is 2.17. The Hall–Kier alpha value is -1.05. The largest absolute Gasteiger partial charge is 0.228 e. The molecule has 0 aliphatic rings. The summed E-state index contributed by atoms with van der Waals surface area (Å²) in [7, 11) is -3.51. The summed E-state index contributed by atoms with van der Waals surface area (Å²) in [6.45, 7) is 0. The van der Waals surface area contributed by atoms with Gasteiger partial charge in [0.15, 0.2) is 0 Å². The van der Waals surface area contributed by atoms with Gasteiger partial charge in [-0.3, -0.25) is 0 Å². The van der Waals surface area contributed by atoms with Crippen LogP contribution in [0.15, 0.2) is 18.2 Å². The second-order valence-corrected chi connectivity index (χ2v) is 5.00. The zero-order valence-corrected chi connectivity index (χ0v) is 8.68. The summed E-state index contributed by atoms with van der Waals surface area (Å²) in [5.41, 5.74) is 1.92. The minimum absolute atomic E-state index is 0.199. The number of fused-ring (bicyclic) bond motifs is 1. The third-order valence-corrected chi connectivity index (χ3v) is 2.98. The fraction of sp³-hybridized carbons (Fsp3) is 0.143. The first-order chi connectivity index (χ1) is 6.56. The van der Waals surface area contributed by atoms with Gasteiger partial charge in [-0.15, -0.1) is 0 Å². The van der Waals surface area contributed by atoms with E-state index in [1.165, 1.54) is 0 Å². The smallest absolute Gasteiger partial charge is 0.213 e. The third kappa shape index (κ3) is 1.89. The van der Waals surface area contributed by atoms with Crippen LogP contribution in [-0.2, 0) is 15.8 Å². The van der Waals surface area contributed by atoms with Gasteiger partial charge in [0, 0.05) is 0 Å². The van der Waals surface area contributed by atoms with Gasteiger partial charge in [-0.1, -0.05) is 12.1 Å². The molecule has 1 heterocycles. The number of nitrogens with zero attached hydrogens (tertiary/aromatic N) is 2. The predicted octanol–water partition coefficient (Wildman–Crippen LogP) is 0.480. The monoisotopic (exact) mass is 229 g/mol. The Balaban J connectivity index is 2.57. The molecule has 1 aromatic heterocycles. The number of benzene rings is 1. The number of primary sulfonamides is 1. The van der Waals surface area contributed by atoms with Gasteiger partial charge < -0.3 is 0 Å². The maximum absolute atomic E-state index is 10.9. The lowest BCUT2D eigenvalue weighted by Crippen LogP contribution is -2.14. The molecule has 0 bridgehead atoms. The lowest BCUT2D eigenvalue weighted by atomic mass is 10.2. The van der Waals surface area contributed by atoms with Crippen molar-refractivity contribution in [2.75, 3.05) is 0 Å². The molecule has 0 amide bonds. The summed E-state index contributed by atoms with van der Waals surface area (Å²) in [5, 5.41) is 4.95. The molecule has 0 saturated carbocycles. The molecule has 2 rings (SSSR count). The molecule has 0 radical (unpaired) electrons. The van der Waals surface area contributed by atoms with Crippen molar-refractivity contribution in [2.45, 2.75) is 5.75 Å². The second kappa shape index (κ2) is 3.26. The van der Waals surface area contributed by atoms with E-state index in [9.17, 15) is 8.42 Å². The number of aromatic nitrogens is 2. The molecule has 2 aromatic rings. The van der Waals surface area contributed by atoms with Gasteiger partial charge in [0.1, 0.15) is 11.0 Å². The van der Waals surface area contributed by atoms with Crippen LogP contribution in [0.3, 0.4) is 0 Å². The van der Waals surface area contributed by atoms with Crippen LogP contribution in [0.2, 0.25) is 0 Å². The molecule has 5 nitrogen and oxygen atoms in total. The van der Waals surface area contributed by atoms with E-state index in [0.717, 1.165) is 11.7 Å². The van der Waals surface area contributed by atoms with E-state index in [1.54, 1.807) is 18.2 Å². The first-order valence-electron chi connectivity index (χ1n) is 3.77. The summed E-state index contributed by atoms with van der Waals surface area (Å²) in [5.74, 6) is -0.199. The van der Waals surface area contributed by atoms with E-state index in [2.05, 4.69) is 8.75 Å². The molecule has 0 spiro atoms. The Morgan fingerprint density at radius 1 is 1.36 bits per heavy atom. The number of hydrogen-bond acceptors (Lipinski definition) is 5. The minimum atomic E-state index is -3.51. The molecule has 0 aliphatic heterocycles. The standard InChI is InChI=1S/C7H7N3O2S2/c8-14(11,12)4-5-2-1-3-6-7(5)10-13-9-6/h1-3H,4H2,(H2,8,11,12). The molecule has 1 aromatic carbocycles. The summed E-state index contributed by atoms with van der Waals surface area (Å²) in [4.78, 5) is 0. The lowest BCUT2D eigenvalue weighted by molar-refractivity contribution is 0.597. The molecule has 0 unspecified atom stereocenters. The highest BCUT2D eigenvalue weighted by Gasteiger charge is 2.10. The van der Waals surface area contributed by atoms with Crippen molar-refractivity contribution < 1.29 is 8.42 Å². The number of rotatable bonds is 2. The van der Waals surface area contributed by atoms with Crippen molar-refractivity contribution in [3.8, 4) is 0 Å². The highest BCUT2D eigenvalue weighted by atomic mass is 32.2. The molecular formula is C7H7N3O2S2. The summed E-state index contributed by atoms with van der Waals surface area (Å²) >= 11 is 1.06. The van der Waals surface area contributed by atoms with Gasteiger partial charge >= 0.3 is 0 Å². The van der Waals surface area contributed by atoms with Crippen LogP contribution in [0.25, 0.3) is 11.0 Å². The van der Waals surface area contributed by atoms with Crippen molar-refractivity contribution in [3.63, 3.8) is 0 Å². The van der Waals surface area contributed by atoms with E-state index in [4.69, 9.17) is 5.14 Å². The number of sulfonamides is 1. The van der Waals surface area contributed by atoms with Gasteiger partial charge in [0.25, 0.3) is 0 Å². The van der Waals surface area contributed by atoms with E-state index >= 15 is 0 Å². The van der Waals surface area contributed by atoms with E-state index in [1.807, 2.05) is 0 Å². The SMILES string of the molecule is NS(=O)(=O)Cc1cccc2nsnc12. The van der Waals surface area contributed by atoms with Crippen LogP contribution in [0, 0.1) is 0 Å². The Kier molecular flexibility index (Phi) is 2.22. The van der Waals surface area contributed by atoms with Gasteiger partial charge in [-0.05, 0) is 11.6 Å². The van der Waals surface area contributed by atoms with Gasteiger partial charge in [-0.25, -0.2) is 13.6 Å². The van der Waals surface area contributed by atoms with Gasteiger partial charge in [0.05, 0.1) is 17.5 Å². The van der Waals surface area contributed by atoms with Crippen LogP contribution in [0.1, 0.15) is 5.56 Å². The minimum Gasteiger partial charge on any atom is -0.228 e. The third-order valence-electron chi connectivity index (χ3n) is 1.73. The van der Waals surface area contributed by atoms with Crippen LogP contribution < -0.4 is 5.14 Å². The normalized spacial score (nSPS) is 12.1. The molecule has 0 aliphatic carbocycles. The zero-order chi connectivity index (χ0) is 10.2. The van der Waals surface area contributed by atoms with Crippen molar-refractivity contribution >= 4 is 32.8 Å². The topological polar surface area (TPSA) is 85.9 Å². The molecule has 7 heteroatoms. The average Bonchev–Trinajstić information content (AvgIpc) is 2.49. The molecule has 0 saturated heterocycles. The van der Waals surface area contributed by atoms with E-state index in [-0.39, 0.29) is 5.75 Å². The average molecular weight is 229 g/mol. The summed E-state index contributed by atoms with van der Waals surface area (Å²) in [6, 6.07) is 5.21. The van der Waals surface area contributed by atoms with Crippen molar-refractivity contribution in [1.29, 1.82) is 0 Å². The van der Waals surface area contributed by atoms with E-state index < -0.39 is 10.0 Å². The van der Waals surface area contributed by atoms with Crippen LogP contribution >= 0.6 is 11.7 Å². The maximum Gasteiger partial charge on any atom is 0.213 e. The van der Waals surface area contributed by atoms with Crippen molar-refractivity contribution in [1.82, 2.24) is 8.75 Å². The molecule has 0 fully saturated rings. The summed E-state index contributed by atoms with van der Waals surface area (Å²) < 4.78 is 29.8. The zero-order valence-electron chi connectivity index (χ0n) is 7.04. The molecule has 0 atom stereocenters. The summed E-state index contributed by atoms with van der Waals surface area (Å²) in [6.07, 6.45) is 0. The lowest BCUT2D eigenvalue weighted by Gasteiger charge is -1.98. The highest BCUT2D eigenvalue weighted by molar-refractivity contribution is 7.88. The molecule has 14 heavy (non-hydrogen) atoms. The fourth-order valence-electron chi connectivity index (χ4n) is 1.20. The van der Waals surface area contributed by atoms with Crippen LogP contribution in [0.4, 0.5) is 0 Å². The predicted molar refractivity (Wildman–Crippen MR) is 54.2 cm³/mol. The van der Waals surface area contributed by atoms with Gasteiger partial charge in [-0.2, -0.15) is 8.75 Å². The molecular weight excluding hydrogens is 222 g/mol. The van der Waals surface area contributed by atoms with Crippen molar-refractivity contribution in [2.24, 2.45) is 5.14 Å². The maximum atomic E-state index is 10.9. The number of hydrogen-bond donors (Lipinski definition) is 1. The Morgan fingerprint density at radius 2 is 2.14 bits per heavy atom. The Morgan fingerprint density at radius 3 is 2.86 bits per heavy atom. The van der Waals surface area contributed by atoms with Crippen LogP contribution in [0.5, 0.6) is 0 Å². The van der Waals surface area contributed by atoms with E-state index in [0.29, 0.717) is 16.6 Å².